The van der Waals surface area contributed by atoms with Crippen LogP contribution < -0.4 is 0 Å². The molecule has 0 saturated heterocycles. The number of aryl methyl sites for hydroxylation is 1. The molecule has 0 aliphatic rings. The van der Waals surface area contributed by atoms with E-state index in [4.69, 9.17) is 11.3 Å². The minimum atomic E-state index is -0.521. The van der Waals surface area contributed by atoms with Crippen LogP contribution in [0.2, 0.25) is 0 Å². The van der Waals surface area contributed by atoms with Crippen LogP contribution in [0.3, 0.4) is 0 Å². The molecule has 1 rings (SSSR count). The summed E-state index contributed by atoms with van der Waals surface area (Å²) in [5.41, 5.74) is 0.0494. The summed E-state index contributed by atoms with van der Waals surface area (Å²) in [4.78, 5) is 16.9. The van der Waals surface area contributed by atoms with Gasteiger partial charge in [0.1, 0.15) is 0 Å². The summed E-state index contributed by atoms with van der Waals surface area (Å²) in [6.45, 7) is 11.5. The van der Waals surface area contributed by atoms with Crippen molar-refractivity contribution in [3.05, 3.63) is 39.0 Å². The van der Waals surface area contributed by atoms with Crippen LogP contribution in [-0.2, 0) is 9.53 Å². The third-order valence-corrected chi connectivity index (χ3v) is 3.30. The number of unbranched alkanes of at least 4 members (excludes halogenated alkanes) is 2. The van der Waals surface area contributed by atoms with E-state index < -0.39 is 5.97 Å². The Hall–Kier alpha value is -1.60. The molecule has 3 nitrogen and oxygen atoms in total. The molecule has 0 spiro atoms. The predicted octanol–water partition coefficient (Wildman–Crippen LogP) is 4.05. The highest BCUT2D eigenvalue weighted by Gasteiger charge is 2.11. The lowest BCUT2D eigenvalue weighted by molar-refractivity contribution is -0.138. The van der Waals surface area contributed by atoms with E-state index in [1.807, 2.05) is 19.1 Å². The molecule has 0 amide bonds. The van der Waals surface area contributed by atoms with Crippen LogP contribution in [0.5, 0.6) is 0 Å². The van der Waals surface area contributed by atoms with Gasteiger partial charge in [-0.1, -0.05) is 19.8 Å². The Morgan fingerprint density at radius 3 is 2.83 bits per heavy atom. The van der Waals surface area contributed by atoms with Crippen LogP contribution in [0.25, 0.3) is 10.9 Å². The first-order valence-corrected chi connectivity index (χ1v) is 6.81. The average Bonchev–Trinajstić information content (AvgIpc) is 2.77. The number of rotatable bonds is 6. The van der Waals surface area contributed by atoms with Crippen molar-refractivity contribution in [2.24, 2.45) is 0 Å². The van der Waals surface area contributed by atoms with Gasteiger partial charge >= 0.3 is 5.97 Å². The van der Waals surface area contributed by atoms with Gasteiger partial charge < -0.3 is 4.74 Å². The van der Waals surface area contributed by atoms with E-state index in [1.54, 1.807) is 17.4 Å². The van der Waals surface area contributed by atoms with Crippen molar-refractivity contribution in [3.63, 3.8) is 0 Å². The van der Waals surface area contributed by atoms with Crippen molar-refractivity contribution >= 4 is 23.4 Å². The van der Waals surface area contributed by atoms with Gasteiger partial charge in [-0.15, -0.1) is 11.3 Å². The topological polar surface area (TPSA) is 30.7 Å². The zero-order chi connectivity index (χ0) is 13.4. The standard InChI is InChI=1S/C14H17NO2S/c1-4-5-6-9-17-14(16)13(15-3)10-12-8-7-11(2)18-12/h7-8,10H,4-6,9H2,1-2H3/b13-10-. The quantitative estimate of drug-likeness (QED) is 0.335. The van der Waals surface area contributed by atoms with Crippen LogP contribution in [0.15, 0.2) is 17.8 Å². The second-order valence-corrected chi connectivity index (χ2v) is 5.25. The molecule has 0 saturated carbocycles. The van der Waals surface area contributed by atoms with Gasteiger partial charge in [0, 0.05) is 9.75 Å². The third kappa shape index (κ3) is 4.72. The second-order valence-electron chi connectivity index (χ2n) is 3.93. The minimum Gasteiger partial charge on any atom is -0.471 e. The highest BCUT2D eigenvalue weighted by atomic mass is 32.1. The van der Waals surface area contributed by atoms with Gasteiger partial charge in [0.15, 0.2) is 0 Å². The molecule has 1 aromatic heterocycles. The van der Waals surface area contributed by atoms with E-state index in [0.29, 0.717) is 6.61 Å². The van der Waals surface area contributed by atoms with E-state index in [9.17, 15) is 4.79 Å². The Morgan fingerprint density at radius 1 is 1.50 bits per heavy atom. The van der Waals surface area contributed by atoms with Crippen LogP contribution >= 0.6 is 11.3 Å². The van der Waals surface area contributed by atoms with Crippen molar-refractivity contribution in [1.29, 1.82) is 0 Å². The maximum atomic E-state index is 11.6. The van der Waals surface area contributed by atoms with Crippen molar-refractivity contribution in [2.45, 2.75) is 33.1 Å². The lowest BCUT2D eigenvalue weighted by Gasteiger charge is -2.02. The van der Waals surface area contributed by atoms with Crippen LogP contribution in [-0.4, -0.2) is 12.6 Å². The van der Waals surface area contributed by atoms with Crippen molar-refractivity contribution < 1.29 is 9.53 Å². The van der Waals surface area contributed by atoms with Crippen LogP contribution in [0.4, 0.5) is 0 Å². The maximum absolute atomic E-state index is 11.6. The summed E-state index contributed by atoms with van der Waals surface area (Å²) in [6, 6.07) is 3.86. The van der Waals surface area contributed by atoms with Gasteiger partial charge in [0.2, 0.25) is 0 Å². The van der Waals surface area contributed by atoms with Gasteiger partial charge in [-0.3, -0.25) is 4.79 Å². The molecule has 18 heavy (non-hydrogen) atoms. The van der Waals surface area contributed by atoms with E-state index in [1.165, 1.54) is 0 Å². The van der Waals surface area contributed by atoms with E-state index in [-0.39, 0.29) is 5.70 Å². The van der Waals surface area contributed by atoms with Crippen molar-refractivity contribution in [3.8, 4) is 0 Å². The Balaban J connectivity index is 2.58. The molecule has 0 N–H and O–H groups in total. The Morgan fingerprint density at radius 2 is 2.28 bits per heavy atom. The van der Waals surface area contributed by atoms with Gasteiger partial charge in [0.25, 0.3) is 5.70 Å². The zero-order valence-corrected chi connectivity index (χ0v) is 11.5. The number of carbonyl (C=O) groups excluding carboxylic acids is 1. The third-order valence-electron chi connectivity index (χ3n) is 2.35. The molecule has 1 heterocycles. The summed E-state index contributed by atoms with van der Waals surface area (Å²) in [5, 5.41) is 0. The number of hydrogen-bond donors (Lipinski definition) is 0. The first kappa shape index (κ1) is 14.5. The number of esters is 1. The molecule has 0 aliphatic heterocycles. The Kier molecular flexibility index (Phi) is 6.16. The lowest BCUT2D eigenvalue weighted by atomic mass is 10.3. The minimum absolute atomic E-state index is 0.0494. The molecule has 0 bridgehead atoms. The first-order chi connectivity index (χ1) is 8.67. The molecule has 96 valence electrons. The van der Waals surface area contributed by atoms with E-state index >= 15 is 0 Å². The molecule has 0 radical (unpaired) electrons. The normalized spacial score (nSPS) is 11.1. The highest BCUT2D eigenvalue weighted by Crippen LogP contribution is 2.19. The molecule has 0 atom stereocenters. The summed E-state index contributed by atoms with van der Waals surface area (Å²) in [7, 11) is 0. The summed E-state index contributed by atoms with van der Waals surface area (Å²) >= 11 is 1.55. The highest BCUT2D eigenvalue weighted by molar-refractivity contribution is 7.12. The van der Waals surface area contributed by atoms with Gasteiger partial charge in [-0.2, -0.15) is 0 Å². The summed E-state index contributed by atoms with van der Waals surface area (Å²) in [6.07, 6.45) is 4.56. The van der Waals surface area contributed by atoms with Crippen LogP contribution in [0.1, 0.15) is 35.9 Å². The monoisotopic (exact) mass is 263 g/mol. The molecule has 0 unspecified atom stereocenters. The zero-order valence-electron chi connectivity index (χ0n) is 10.7. The number of carbonyl (C=O) groups is 1. The van der Waals surface area contributed by atoms with Crippen molar-refractivity contribution in [2.75, 3.05) is 6.61 Å². The van der Waals surface area contributed by atoms with Gasteiger partial charge in [-0.25, -0.2) is 4.85 Å². The van der Waals surface area contributed by atoms with E-state index in [2.05, 4.69) is 11.8 Å². The summed E-state index contributed by atoms with van der Waals surface area (Å²) in [5.74, 6) is -0.521. The maximum Gasteiger partial charge on any atom is 0.336 e. The number of hydrogen-bond acceptors (Lipinski definition) is 3. The molecule has 0 aromatic carbocycles. The molecule has 0 fully saturated rings. The van der Waals surface area contributed by atoms with Crippen molar-refractivity contribution in [1.82, 2.24) is 0 Å². The van der Waals surface area contributed by atoms with E-state index in [0.717, 1.165) is 29.0 Å². The Labute approximate surface area is 112 Å². The molecular formula is C14H17NO2S. The van der Waals surface area contributed by atoms with Gasteiger partial charge in [0.05, 0.1) is 13.2 Å². The lowest BCUT2D eigenvalue weighted by Crippen LogP contribution is -2.06. The second kappa shape index (κ2) is 7.67. The largest absolute Gasteiger partial charge is 0.471 e. The fourth-order valence-corrected chi connectivity index (χ4v) is 2.21. The van der Waals surface area contributed by atoms with Crippen LogP contribution in [0, 0.1) is 13.5 Å². The van der Waals surface area contributed by atoms with Gasteiger partial charge in [-0.05, 0) is 31.6 Å². The fraction of sp³-hybridized carbons (Fsp3) is 0.429. The Bertz CT molecular complexity index is 468. The molecule has 4 heteroatoms. The number of thiophene rings is 1. The molecule has 1 aromatic rings. The number of ether oxygens (including phenoxy) is 1. The molecular weight excluding hydrogens is 246 g/mol. The number of nitrogens with zero attached hydrogens (tertiary/aromatic N) is 1. The average molecular weight is 263 g/mol. The SMILES string of the molecule is [C-]#[N+]/C(=C\c1ccc(C)s1)C(=O)OCCCCC. The first-order valence-electron chi connectivity index (χ1n) is 6.00. The summed E-state index contributed by atoms with van der Waals surface area (Å²) < 4.78 is 5.06. The molecule has 0 aliphatic carbocycles. The predicted molar refractivity (Wildman–Crippen MR) is 74.1 cm³/mol. The smallest absolute Gasteiger partial charge is 0.336 e. The fourth-order valence-electron chi connectivity index (χ4n) is 1.39.